The van der Waals surface area contributed by atoms with Gasteiger partial charge in [-0.2, -0.15) is 0 Å². The van der Waals surface area contributed by atoms with E-state index in [9.17, 15) is 0 Å². The number of nitrogens with zero attached hydrogens (tertiary/aromatic N) is 2. The van der Waals surface area contributed by atoms with Gasteiger partial charge in [0.05, 0.1) is 6.54 Å². The van der Waals surface area contributed by atoms with Crippen LogP contribution in [0.5, 0.6) is 0 Å². The molecule has 0 amide bonds. The molecule has 0 aromatic heterocycles. The summed E-state index contributed by atoms with van der Waals surface area (Å²) in [6, 6.07) is 0. The molecule has 0 radical (unpaired) electrons. The van der Waals surface area contributed by atoms with Crippen molar-refractivity contribution in [1.29, 1.82) is 0 Å². The molecule has 1 rings (SSSR count). The molecule has 0 spiro atoms. The van der Waals surface area contributed by atoms with Crippen LogP contribution in [-0.2, 0) is 0 Å². The van der Waals surface area contributed by atoms with Gasteiger partial charge in [0.1, 0.15) is 0 Å². The highest BCUT2D eigenvalue weighted by molar-refractivity contribution is 5.77. The minimum absolute atomic E-state index is 0.543. The monoisotopic (exact) mass is 238 g/mol. The van der Waals surface area contributed by atoms with Crippen molar-refractivity contribution in [3.63, 3.8) is 0 Å². The summed E-state index contributed by atoms with van der Waals surface area (Å²) < 4.78 is 0. The predicted octanol–water partition coefficient (Wildman–Crippen LogP) is 1.20. The molecule has 1 heterocycles. The van der Waals surface area contributed by atoms with Crippen molar-refractivity contribution >= 4 is 5.96 Å². The van der Waals surface area contributed by atoms with E-state index in [2.05, 4.69) is 28.7 Å². The Morgan fingerprint density at radius 3 is 3.00 bits per heavy atom. The molecule has 1 saturated heterocycles. The maximum absolute atomic E-state index is 5.79. The van der Waals surface area contributed by atoms with Crippen molar-refractivity contribution in [2.75, 3.05) is 32.7 Å². The van der Waals surface area contributed by atoms with Gasteiger partial charge in [-0.1, -0.05) is 19.1 Å². The van der Waals surface area contributed by atoms with Crippen LogP contribution < -0.4 is 11.1 Å². The molecular weight excluding hydrogens is 212 g/mol. The molecule has 1 aliphatic heterocycles. The van der Waals surface area contributed by atoms with E-state index < -0.39 is 0 Å². The third-order valence-corrected chi connectivity index (χ3v) is 3.14. The Labute approximate surface area is 105 Å². The van der Waals surface area contributed by atoms with Crippen LogP contribution in [0.1, 0.15) is 26.7 Å². The van der Waals surface area contributed by atoms with Gasteiger partial charge in [-0.15, -0.1) is 0 Å². The topological polar surface area (TPSA) is 53.6 Å². The lowest BCUT2D eigenvalue weighted by Crippen LogP contribution is -2.42. The minimum Gasteiger partial charge on any atom is -0.370 e. The van der Waals surface area contributed by atoms with Crippen LogP contribution in [0, 0.1) is 5.92 Å². The third-order valence-electron chi connectivity index (χ3n) is 3.14. The number of guanidine groups is 1. The average Bonchev–Trinajstić information content (AvgIpc) is 2.34. The highest BCUT2D eigenvalue weighted by Crippen LogP contribution is 2.14. The number of likely N-dealkylation sites (tertiary alicyclic amines) is 1. The molecule has 3 N–H and O–H groups in total. The Kier molecular flexibility index (Phi) is 6.05. The Morgan fingerprint density at radius 2 is 2.35 bits per heavy atom. The summed E-state index contributed by atoms with van der Waals surface area (Å²) in [6.45, 7) is 13.1. The molecule has 17 heavy (non-hydrogen) atoms. The number of hydrogen-bond acceptors (Lipinski definition) is 2. The molecule has 1 atom stereocenters. The summed E-state index contributed by atoms with van der Waals surface area (Å²) in [5, 5.41) is 3.21. The average molecular weight is 238 g/mol. The first kappa shape index (κ1) is 14.0. The summed E-state index contributed by atoms with van der Waals surface area (Å²) in [4.78, 5) is 6.71. The van der Waals surface area contributed by atoms with Crippen LogP contribution in [0.15, 0.2) is 17.1 Å². The van der Waals surface area contributed by atoms with Gasteiger partial charge in [-0.05, 0) is 38.8 Å². The summed E-state index contributed by atoms with van der Waals surface area (Å²) in [5.41, 5.74) is 6.82. The van der Waals surface area contributed by atoms with E-state index >= 15 is 0 Å². The lowest BCUT2D eigenvalue weighted by atomic mass is 9.98. The first-order chi connectivity index (χ1) is 8.11. The molecule has 98 valence electrons. The highest BCUT2D eigenvalue weighted by atomic mass is 15.1. The Bertz CT molecular complexity index is 273. The summed E-state index contributed by atoms with van der Waals surface area (Å²) in [7, 11) is 0. The van der Waals surface area contributed by atoms with E-state index in [1.807, 2.05) is 6.92 Å². The van der Waals surface area contributed by atoms with Crippen molar-refractivity contribution in [2.45, 2.75) is 26.7 Å². The molecule has 1 aliphatic rings. The predicted molar refractivity (Wildman–Crippen MR) is 74.1 cm³/mol. The zero-order chi connectivity index (χ0) is 12.7. The van der Waals surface area contributed by atoms with Gasteiger partial charge < -0.3 is 16.0 Å². The summed E-state index contributed by atoms with van der Waals surface area (Å²) >= 11 is 0. The van der Waals surface area contributed by atoms with Gasteiger partial charge in [0, 0.05) is 13.1 Å². The van der Waals surface area contributed by atoms with Gasteiger partial charge in [-0.25, -0.2) is 4.99 Å². The highest BCUT2D eigenvalue weighted by Gasteiger charge is 2.18. The van der Waals surface area contributed by atoms with E-state index in [-0.39, 0.29) is 0 Å². The van der Waals surface area contributed by atoms with Crippen LogP contribution >= 0.6 is 0 Å². The first-order valence-electron chi connectivity index (χ1n) is 6.52. The normalized spacial score (nSPS) is 22.5. The molecule has 0 saturated carbocycles. The Hall–Kier alpha value is -1.03. The van der Waals surface area contributed by atoms with E-state index in [1.54, 1.807) is 0 Å². The molecule has 4 heteroatoms. The zero-order valence-electron chi connectivity index (χ0n) is 11.2. The lowest BCUT2D eigenvalue weighted by Gasteiger charge is -2.31. The molecule has 0 aromatic carbocycles. The molecule has 4 nitrogen and oxygen atoms in total. The Morgan fingerprint density at radius 1 is 1.59 bits per heavy atom. The standard InChI is InChI=1S/C13H26N4/c1-4-17-7-5-6-12(10-17)9-16-13(14)15-8-11(2)3/h12H,2,4-10H2,1,3H3,(H3,14,15,16). The fourth-order valence-electron chi connectivity index (χ4n) is 2.13. The molecule has 0 bridgehead atoms. The van der Waals surface area contributed by atoms with Crippen LogP contribution in [0.3, 0.4) is 0 Å². The number of hydrogen-bond donors (Lipinski definition) is 2. The van der Waals surface area contributed by atoms with Crippen molar-refractivity contribution in [2.24, 2.45) is 16.6 Å². The first-order valence-corrected chi connectivity index (χ1v) is 6.52. The lowest BCUT2D eigenvalue weighted by molar-refractivity contribution is 0.183. The zero-order valence-corrected chi connectivity index (χ0v) is 11.2. The quantitative estimate of drug-likeness (QED) is 0.430. The SMILES string of the molecule is C=C(C)CN=C(N)NCC1CCCN(CC)C1. The van der Waals surface area contributed by atoms with Gasteiger partial charge in [0.25, 0.3) is 0 Å². The Balaban J connectivity index is 2.25. The van der Waals surface area contributed by atoms with Crippen LogP contribution in [0.25, 0.3) is 0 Å². The second-order valence-electron chi connectivity index (χ2n) is 4.94. The number of nitrogens with one attached hydrogen (secondary N) is 1. The van der Waals surface area contributed by atoms with Gasteiger partial charge >= 0.3 is 0 Å². The second-order valence-corrected chi connectivity index (χ2v) is 4.94. The summed E-state index contributed by atoms with van der Waals surface area (Å²) in [5.74, 6) is 1.24. The van der Waals surface area contributed by atoms with Gasteiger partial charge in [0.15, 0.2) is 5.96 Å². The maximum Gasteiger partial charge on any atom is 0.188 e. The van der Waals surface area contributed by atoms with Crippen LogP contribution in [0.2, 0.25) is 0 Å². The van der Waals surface area contributed by atoms with Crippen molar-refractivity contribution in [3.05, 3.63) is 12.2 Å². The van der Waals surface area contributed by atoms with E-state index in [0.717, 1.165) is 18.7 Å². The minimum atomic E-state index is 0.543. The molecule has 1 fully saturated rings. The number of piperidine rings is 1. The molecule has 1 unspecified atom stereocenters. The van der Waals surface area contributed by atoms with E-state index in [0.29, 0.717) is 18.4 Å². The molecule has 0 aromatic rings. The van der Waals surface area contributed by atoms with Gasteiger partial charge in [0.2, 0.25) is 0 Å². The van der Waals surface area contributed by atoms with Gasteiger partial charge in [-0.3, -0.25) is 0 Å². The fraction of sp³-hybridized carbons (Fsp3) is 0.769. The second kappa shape index (κ2) is 7.33. The largest absolute Gasteiger partial charge is 0.370 e. The fourth-order valence-corrected chi connectivity index (χ4v) is 2.13. The number of aliphatic imine (C=N–C) groups is 1. The maximum atomic E-state index is 5.79. The smallest absolute Gasteiger partial charge is 0.188 e. The van der Waals surface area contributed by atoms with Crippen molar-refractivity contribution in [3.8, 4) is 0 Å². The third kappa shape index (κ3) is 5.73. The molecule has 0 aliphatic carbocycles. The van der Waals surface area contributed by atoms with E-state index in [1.165, 1.54) is 25.9 Å². The van der Waals surface area contributed by atoms with Crippen molar-refractivity contribution in [1.82, 2.24) is 10.2 Å². The van der Waals surface area contributed by atoms with Crippen LogP contribution in [0.4, 0.5) is 0 Å². The summed E-state index contributed by atoms with van der Waals surface area (Å²) in [6.07, 6.45) is 2.58. The van der Waals surface area contributed by atoms with Crippen molar-refractivity contribution < 1.29 is 0 Å². The number of rotatable bonds is 5. The molecular formula is C13H26N4. The van der Waals surface area contributed by atoms with Crippen LogP contribution in [-0.4, -0.2) is 43.6 Å². The number of nitrogens with two attached hydrogens (primary N) is 1. The van der Waals surface area contributed by atoms with E-state index in [4.69, 9.17) is 5.73 Å².